The van der Waals surface area contributed by atoms with Crippen molar-refractivity contribution >= 4 is 0 Å². The summed E-state index contributed by atoms with van der Waals surface area (Å²) in [6.07, 6.45) is -4.88. The summed E-state index contributed by atoms with van der Waals surface area (Å²) in [5.41, 5.74) is 0. The van der Waals surface area contributed by atoms with Crippen LogP contribution in [0.2, 0.25) is 0 Å². The van der Waals surface area contributed by atoms with Crippen LogP contribution in [0.1, 0.15) is 20.3 Å². The van der Waals surface area contributed by atoms with Crippen LogP contribution in [0.5, 0.6) is 0 Å². The minimum absolute atomic E-state index is 0.457. The number of halogens is 3. The molecular weight excluding hydrogens is 183 g/mol. The van der Waals surface area contributed by atoms with Crippen molar-refractivity contribution in [1.82, 2.24) is 5.32 Å². The molecule has 0 aromatic heterocycles. The molecule has 80 valence electrons. The highest BCUT2D eigenvalue weighted by atomic mass is 19.4. The maximum absolute atomic E-state index is 11.8. The van der Waals surface area contributed by atoms with Crippen molar-refractivity contribution in [3.63, 3.8) is 0 Å². The van der Waals surface area contributed by atoms with Gasteiger partial charge < -0.3 is 10.1 Å². The molecule has 0 amide bonds. The Balaban J connectivity index is 3.35. The standard InChI is InChI=1S/C8H16F3NO/c1-3-13-5-4-12-7(2)6-8(9,10)11/h7,12H,3-6H2,1-2H3. The lowest BCUT2D eigenvalue weighted by atomic mass is 10.2. The highest BCUT2D eigenvalue weighted by Crippen LogP contribution is 2.20. The highest BCUT2D eigenvalue weighted by molar-refractivity contribution is 4.65. The fourth-order valence-corrected chi connectivity index (χ4v) is 0.941. The maximum Gasteiger partial charge on any atom is 0.390 e. The molecule has 0 aromatic rings. The zero-order valence-corrected chi connectivity index (χ0v) is 7.95. The Kier molecular flexibility index (Phi) is 6.07. The minimum Gasteiger partial charge on any atom is -0.380 e. The van der Waals surface area contributed by atoms with E-state index in [1.807, 2.05) is 6.92 Å². The Hall–Kier alpha value is -0.290. The third kappa shape index (κ3) is 9.63. The number of hydrogen-bond donors (Lipinski definition) is 1. The molecular formula is C8H16F3NO. The lowest BCUT2D eigenvalue weighted by Gasteiger charge is -2.15. The topological polar surface area (TPSA) is 21.3 Å². The Morgan fingerprint density at radius 2 is 2.00 bits per heavy atom. The molecule has 0 aliphatic carbocycles. The van der Waals surface area contributed by atoms with E-state index in [0.717, 1.165) is 0 Å². The lowest BCUT2D eigenvalue weighted by molar-refractivity contribution is -0.139. The first-order valence-electron chi connectivity index (χ1n) is 4.33. The summed E-state index contributed by atoms with van der Waals surface area (Å²) < 4.78 is 40.4. The second-order valence-corrected chi connectivity index (χ2v) is 2.87. The predicted molar refractivity (Wildman–Crippen MR) is 44.6 cm³/mol. The van der Waals surface area contributed by atoms with Crippen molar-refractivity contribution in [2.45, 2.75) is 32.5 Å². The second kappa shape index (κ2) is 6.21. The van der Waals surface area contributed by atoms with Crippen molar-refractivity contribution < 1.29 is 17.9 Å². The van der Waals surface area contributed by atoms with Crippen LogP contribution in [-0.2, 0) is 4.74 Å². The van der Waals surface area contributed by atoms with Crippen LogP contribution < -0.4 is 5.32 Å². The summed E-state index contributed by atoms with van der Waals surface area (Å²) in [6.45, 7) is 4.87. The fourth-order valence-electron chi connectivity index (χ4n) is 0.941. The van der Waals surface area contributed by atoms with E-state index in [9.17, 15) is 13.2 Å². The number of rotatable bonds is 6. The number of alkyl halides is 3. The zero-order valence-electron chi connectivity index (χ0n) is 7.95. The molecule has 0 radical (unpaired) electrons. The van der Waals surface area contributed by atoms with Gasteiger partial charge in [-0.05, 0) is 13.8 Å². The molecule has 13 heavy (non-hydrogen) atoms. The first-order valence-corrected chi connectivity index (χ1v) is 4.33. The smallest absolute Gasteiger partial charge is 0.380 e. The van der Waals surface area contributed by atoms with Crippen molar-refractivity contribution in [2.24, 2.45) is 0 Å². The third-order valence-corrected chi connectivity index (χ3v) is 1.48. The van der Waals surface area contributed by atoms with Crippen LogP contribution in [0, 0.1) is 0 Å². The molecule has 0 aliphatic rings. The predicted octanol–water partition coefficient (Wildman–Crippen LogP) is 1.95. The van der Waals surface area contributed by atoms with Gasteiger partial charge in [0.05, 0.1) is 13.0 Å². The van der Waals surface area contributed by atoms with Crippen LogP contribution in [0.15, 0.2) is 0 Å². The fraction of sp³-hybridized carbons (Fsp3) is 1.00. The highest BCUT2D eigenvalue weighted by Gasteiger charge is 2.29. The average Bonchev–Trinajstić information content (AvgIpc) is 1.94. The summed E-state index contributed by atoms with van der Waals surface area (Å²) in [5.74, 6) is 0. The van der Waals surface area contributed by atoms with E-state index in [-0.39, 0.29) is 0 Å². The molecule has 2 nitrogen and oxygen atoms in total. The SMILES string of the molecule is CCOCCNC(C)CC(F)(F)F. The summed E-state index contributed by atoms with van der Waals surface area (Å²) in [7, 11) is 0. The van der Waals surface area contributed by atoms with Crippen LogP contribution in [0.25, 0.3) is 0 Å². The van der Waals surface area contributed by atoms with Crippen molar-refractivity contribution in [1.29, 1.82) is 0 Å². The van der Waals surface area contributed by atoms with Gasteiger partial charge >= 0.3 is 6.18 Å². The lowest BCUT2D eigenvalue weighted by Crippen LogP contribution is -2.33. The molecule has 0 saturated heterocycles. The largest absolute Gasteiger partial charge is 0.390 e. The second-order valence-electron chi connectivity index (χ2n) is 2.87. The summed E-state index contributed by atoms with van der Waals surface area (Å²) >= 11 is 0. The van der Waals surface area contributed by atoms with E-state index < -0.39 is 18.6 Å². The summed E-state index contributed by atoms with van der Waals surface area (Å²) in [4.78, 5) is 0. The number of hydrogen-bond acceptors (Lipinski definition) is 2. The van der Waals surface area contributed by atoms with Crippen LogP contribution >= 0.6 is 0 Å². The van der Waals surface area contributed by atoms with E-state index in [4.69, 9.17) is 4.74 Å². The Bertz CT molecular complexity index is 127. The van der Waals surface area contributed by atoms with E-state index in [0.29, 0.717) is 19.8 Å². The molecule has 1 N–H and O–H groups in total. The molecule has 0 heterocycles. The Morgan fingerprint density at radius 3 is 2.46 bits per heavy atom. The van der Waals surface area contributed by atoms with Crippen molar-refractivity contribution in [3.05, 3.63) is 0 Å². The average molecular weight is 199 g/mol. The van der Waals surface area contributed by atoms with E-state index in [1.54, 1.807) is 0 Å². The van der Waals surface area contributed by atoms with Crippen LogP contribution in [-0.4, -0.2) is 32.0 Å². The molecule has 0 saturated carbocycles. The van der Waals surface area contributed by atoms with Gasteiger partial charge in [0.2, 0.25) is 0 Å². The molecule has 0 aromatic carbocycles. The van der Waals surface area contributed by atoms with E-state index >= 15 is 0 Å². The third-order valence-electron chi connectivity index (χ3n) is 1.48. The molecule has 1 unspecified atom stereocenters. The first-order chi connectivity index (χ1) is 5.95. The molecule has 5 heteroatoms. The van der Waals surface area contributed by atoms with Gasteiger partial charge in [-0.3, -0.25) is 0 Å². The van der Waals surface area contributed by atoms with Gasteiger partial charge in [0, 0.05) is 19.2 Å². The normalized spacial score (nSPS) is 14.5. The van der Waals surface area contributed by atoms with Gasteiger partial charge in [0.25, 0.3) is 0 Å². The van der Waals surface area contributed by atoms with Crippen molar-refractivity contribution in [2.75, 3.05) is 19.8 Å². The molecule has 1 atom stereocenters. The van der Waals surface area contributed by atoms with Gasteiger partial charge in [0.1, 0.15) is 0 Å². The Morgan fingerprint density at radius 1 is 1.38 bits per heavy atom. The van der Waals surface area contributed by atoms with E-state index in [2.05, 4.69) is 5.32 Å². The minimum atomic E-state index is -4.09. The van der Waals surface area contributed by atoms with Crippen LogP contribution in [0.3, 0.4) is 0 Å². The maximum atomic E-state index is 11.8. The van der Waals surface area contributed by atoms with Gasteiger partial charge in [-0.25, -0.2) is 0 Å². The van der Waals surface area contributed by atoms with E-state index in [1.165, 1.54) is 6.92 Å². The van der Waals surface area contributed by atoms with Crippen molar-refractivity contribution in [3.8, 4) is 0 Å². The molecule has 0 aliphatic heterocycles. The van der Waals surface area contributed by atoms with Gasteiger partial charge in [0.15, 0.2) is 0 Å². The number of nitrogens with one attached hydrogen (secondary N) is 1. The van der Waals surface area contributed by atoms with Gasteiger partial charge in [-0.15, -0.1) is 0 Å². The zero-order chi connectivity index (χ0) is 10.3. The van der Waals surface area contributed by atoms with Gasteiger partial charge in [-0.1, -0.05) is 0 Å². The summed E-state index contributed by atoms with van der Waals surface area (Å²) in [6, 6.07) is -0.541. The summed E-state index contributed by atoms with van der Waals surface area (Å²) in [5, 5.41) is 2.73. The molecule has 0 spiro atoms. The monoisotopic (exact) mass is 199 g/mol. The quantitative estimate of drug-likeness (QED) is 0.660. The Labute approximate surface area is 76.5 Å². The molecule has 0 fully saturated rings. The molecule has 0 rings (SSSR count). The first kappa shape index (κ1) is 12.7. The molecule has 0 bridgehead atoms. The number of ether oxygens (including phenoxy) is 1. The van der Waals surface area contributed by atoms with Gasteiger partial charge in [-0.2, -0.15) is 13.2 Å². The van der Waals surface area contributed by atoms with Crippen LogP contribution in [0.4, 0.5) is 13.2 Å².